The number of hydrogen-bond donors (Lipinski definition) is 0. The van der Waals surface area contributed by atoms with E-state index >= 15 is 0 Å². The van der Waals surface area contributed by atoms with E-state index in [9.17, 15) is 10.1 Å². The summed E-state index contributed by atoms with van der Waals surface area (Å²) in [4.78, 5) is 10.3. The highest BCUT2D eigenvalue weighted by Crippen LogP contribution is 2.11. The zero-order chi connectivity index (χ0) is 10.4. The van der Waals surface area contributed by atoms with Crippen LogP contribution in [0.1, 0.15) is 25.3 Å². The molecule has 1 aromatic rings. The van der Waals surface area contributed by atoms with Gasteiger partial charge in [0.2, 0.25) is 5.70 Å². The van der Waals surface area contributed by atoms with Crippen molar-refractivity contribution in [3.8, 4) is 0 Å². The predicted molar refractivity (Wildman–Crippen MR) is 56.3 cm³/mol. The predicted octanol–water partition coefficient (Wildman–Crippen LogP) is 3.10. The SMILES string of the molecule is CCC/C(=C\c1ccccc1)[N+](=O)[O-]. The molecule has 0 N–H and O–H groups in total. The standard InChI is InChI=1S/C11H13NO2/c1-2-6-11(12(13)14)9-10-7-4-3-5-8-10/h3-5,7-9H,2,6H2,1H3/b11-9+. The van der Waals surface area contributed by atoms with Crippen molar-refractivity contribution in [2.45, 2.75) is 19.8 Å². The molecule has 0 atom stereocenters. The minimum atomic E-state index is -0.309. The molecule has 3 nitrogen and oxygen atoms in total. The molecule has 14 heavy (non-hydrogen) atoms. The summed E-state index contributed by atoms with van der Waals surface area (Å²) >= 11 is 0. The summed E-state index contributed by atoms with van der Waals surface area (Å²) in [6, 6.07) is 9.35. The molecule has 0 bridgehead atoms. The third kappa shape index (κ3) is 3.01. The number of benzene rings is 1. The van der Waals surface area contributed by atoms with E-state index < -0.39 is 0 Å². The Morgan fingerprint density at radius 2 is 2.07 bits per heavy atom. The van der Waals surface area contributed by atoms with Crippen molar-refractivity contribution in [3.63, 3.8) is 0 Å². The van der Waals surface area contributed by atoms with E-state index in [1.165, 1.54) is 0 Å². The van der Waals surface area contributed by atoms with Gasteiger partial charge in [0.25, 0.3) is 0 Å². The number of allylic oxidation sites excluding steroid dienone is 1. The molecule has 0 spiro atoms. The van der Waals surface area contributed by atoms with Crippen LogP contribution in [0.2, 0.25) is 0 Å². The van der Waals surface area contributed by atoms with Gasteiger partial charge < -0.3 is 0 Å². The van der Waals surface area contributed by atoms with Crippen LogP contribution in [0.3, 0.4) is 0 Å². The first-order valence-corrected chi connectivity index (χ1v) is 4.64. The minimum Gasteiger partial charge on any atom is -0.259 e. The highest BCUT2D eigenvalue weighted by molar-refractivity contribution is 5.50. The summed E-state index contributed by atoms with van der Waals surface area (Å²) in [5, 5.41) is 10.6. The van der Waals surface area contributed by atoms with Crippen LogP contribution in [0, 0.1) is 10.1 Å². The maximum atomic E-state index is 10.6. The lowest BCUT2D eigenvalue weighted by atomic mass is 10.1. The van der Waals surface area contributed by atoms with Crippen molar-refractivity contribution < 1.29 is 4.92 Å². The molecule has 0 unspecified atom stereocenters. The Morgan fingerprint density at radius 1 is 1.43 bits per heavy atom. The largest absolute Gasteiger partial charge is 0.259 e. The summed E-state index contributed by atoms with van der Waals surface area (Å²) in [6.45, 7) is 1.93. The Morgan fingerprint density at radius 3 is 2.57 bits per heavy atom. The fourth-order valence-electron chi connectivity index (χ4n) is 1.21. The Bertz CT molecular complexity index is 330. The van der Waals surface area contributed by atoms with Crippen LogP contribution in [-0.4, -0.2) is 4.92 Å². The first kappa shape index (κ1) is 10.4. The Hall–Kier alpha value is -1.64. The fraction of sp³-hybridized carbons (Fsp3) is 0.273. The zero-order valence-electron chi connectivity index (χ0n) is 8.14. The van der Waals surface area contributed by atoms with Crippen LogP contribution < -0.4 is 0 Å². The van der Waals surface area contributed by atoms with E-state index in [2.05, 4.69) is 0 Å². The van der Waals surface area contributed by atoms with Gasteiger partial charge in [-0.2, -0.15) is 0 Å². The molecule has 0 aliphatic carbocycles. The lowest BCUT2D eigenvalue weighted by molar-refractivity contribution is -0.426. The number of rotatable bonds is 4. The first-order chi connectivity index (χ1) is 6.74. The van der Waals surface area contributed by atoms with Gasteiger partial charge in [-0.05, 0) is 12.0 Å². The van der Waals surface area contributed by atoms with Crippen LogP contribution in [0.15, 0.2) is 36.0 Å². The van der Waals surface area contributed by atoms with Gasteiger partial charge in [-0.15, -0.1) is 0 Å². The molecule has 0 radical (unpaired) electrons. The van der Waals surface area contributed by atoms with Crippen molar-refractivity contribution in [2.24, 2.45) is 0 Å². The smallest absolute Gasteiger partial charge is 0.246 e. The maximum absolute atomic E-state index is 10.6. The van der Waals surface area contributed by atoms with Gasteiger partial charge >= 0.3 is 0 Å². The zero-order valence-corrected chi connectivity index (χ0v) is 8.14. The van der Waals surface area contributed by atoms with E-state index in [1.54, 1.807) is 6.08 Å². The second kappa shape index (κ2) is 5.17. The molecule has 0 aliphatic heterocycles. The third-order valence-electron chi connectivity index (χ3n) is 1.87. The van der Waals surface area contributed by atoms with Gasteiger partial charge in [-0.3, -0.25) is 10.1 Å². The lowest BCUT2D eigenvalue weighted by Gasteiger charge is -1.96. The summed E-state index contributed by atoms with van der Waals surface area (Å²) in [5.41, 5.74) is 1.16. The van der Waals surface area contributed by atoms with Crippen molar-refractivity contribution in [2.75, 3.05) is 0 Å². The van der Waals surface area contributed by atoms with Crippen molar-refractivity contribution in [1.82, 2.24) is 0 Å². The average Bonchev–Trinajstić information content (AvgIpc) is 2.18. The lowest BCUT2D eigenvalue weighted by Crippen LogP contribution is -1.97. The number of nitro groups is 1. The number of nitrogens with zero attached hydrogens (tertiary/aromatic N) is 1. The molecule has 74 valence electrons. The Labute approximate surface area is 83.2 Å². The van der Waals surface area contributed by atoms with Crippen molar-refractivity contribution in [1.29, 1.82) is 0 Å². The molecular weight excluding hydrogens is 178 g/mol. The first-order valence-electron chi connectivity index (χ1n) is 4.64. The van der Waals surface area contributed by atoms with E-state index in [-0.39, 0.29) is 10.6 Å². The quantitative estimate of drug-likeness (QED) is 0.542. The maximum Gasteiger partial charge on any atom is 0.246 e. The molecule has 1 rings (SSSR count). The third-order valence-corrected chi connectivity index (χ3v) is 1.87. The van der Waals surface area contributed by atoms with E-state index in [4.69, 9.17) is 0 Å². The van der Waals surface area contributed by atoms with E-state index in [0.717, 1.165) is 12.0 Å². The monoisotopic (exact) mass is 191 g/mol. The normalized spacial score (nSPS) is 11.4. The van der Waals surface area contributed by atoms with Crippen molar-refractivity contribution in [3.05, 3.63) is 51.7 Å². The molecule has 0 aromatic heterocycles. The van der Waals surface area contributed by atoms with Gasteiger partial charge in [-0.1, -0.05) is 37.3 Å². The molecule has 0 amide bonds. The van der Waals surface area contributed by atoms with E-state index in [0.29, 0.717) is 6.42 Å². The van der Waals surface area contributed by atoms with Gasteiger partial charge in [0, 0.05) is 12.5 Å². The average molecular weight is 191 g/mol. The molecule has 1 aromatic carbocycles. The van der Waals surface area contributed by atoms with Crippen LogP contribution in [-0.2, 0) is 0 Å². The summed E-state index contributed by atoms with van der Waals surface area (Å²) < 4.78 is 0. The van der Waals surface area contributed by atoms with Gasteiger partial charge in [-0.25, -0.2) is 0 Å². The molecule has 0 aliphatic rings. The number of hydrogen-bond acceptors (Lipinski definition) is 2. The summed E-state index contributed by atoms with van der Waals surface area (Å²) in [6.07, 6.45) is 2.94. The Balaban J connectivity index is 2.88. The van der Waals surface area contributed by atoms with Crippen LogP contribution in [0.25, 0.3) is 6.08 Å². The highest BCUT2D eigenvalue weighted by atomic mass is 16.6. The molecule has 0 fully saturated rings. The summed E-state index contributed by atoms with van der Waals surface area (Å²) in [7, 11) is 0. The minimum absolute atomic E-state index is 0.277. The van der Waals surface area contributed by atoms with Crippen LogP contribution >= 0.6 is 0 Å². The topological polar surface area (TPSA) is 43.1 Å². The second-order valence-electron chi connectivity index (χ2n) is 3.05. The molecule has 3 heteroatoms. The second-order valence-corrected chi connectivity index (χ2v) is 3.05. The Kier molecular flexibility index (Phi) is 3.85. The van der Waals surface area contributed by atoms with Crippen LogP contribution in [0.5, 0.6) is 0 Å². The van der Waals surface area contributed by atoms with Gasteiger partial charge in [0.15, 0.2) is 0 Å². The molecular formula is C11H13NO2. The fourth-order valence-corrected chi connectivity index (χ4v) is 1.21. The van der Waals surface area contributed by atoms with Gasteiger partial charge in [0.1, 0.15) is 0 Å². The molecule has 0 saturated heterocycles. The van der Waals surface area contributed by atoms with Gasteiger partial charge in [0.05, 0.1) is 4.92 Å². The molecule has 0 saturated carbocycles. The molecule has 0 heterocycles. The van der Waals surface area contributed by atoms with Crippen LogP contribution in [0.4, 0.5) is 0 Å². The highest BCUT2D eigenvalue weighted by Gasteiger charge is 2.08. The summed E-state index contributed by atoms with van der Waals surface area (Å²) in [5.74, 6) is 0. The van der Waals surface area contributed by atoms with E-state index in [1.807, 2.05) is 37.3 Å². The van der Waals surface area contributed by atoms with Crippen molar-refractivity contribution >= 4 is 6.08 Å².